The van der Waals surface area contributed by atoms with Crippen LogP contribution < -0.4 is 10.5 Å². The molecule has 1 saturated heterocycles. The van der Waals surface area contributed by atoms with Gasteiger partial charge in [0.25, 0.3) is 5.88 Å². The molecule has 4 rings (SSSR count). The lowest BCUT2D eigenvalue weighted by Crippen LogP contribution is -2.46. The quantitative estimate of drug-likeness (QED) is 0.573. The second-order valence-electron chi connectivity index (χ2n) is 8.38. The number of rotatable bonds is 5. The van der Waals surface area contributed by atoms with Gasteiger partial charge in [0, 0.05) is 37.2 Å². The summed E-state index contributed by atoms with van der Waals surface area (Å²) in [6, 6.07) is 6.23. The summed E-state index contributed by atoms with van der Waals surface area (Å²) in [6.07, 6.45) is 3.27. The SMILES string of the molecule is CCN(Cc1cccc(-c2cn3ccnc3c(OC)n2)c1)C(N)=O.CN1CCCCC1C(F)(F)F. The van der Waals surface area contributed by atoms with Crippen molar-refractivity contribution in [3.8, 4) is 17.1 Å². The van der Waals surface area contributed by atoms with Gasteiger partial charge in [-0.05, 0) is 45.0 Å². The van der Waals surface area contributed by atoms with Crippen LogP contribution in [0.15, 0.2) is 42.9 Å². The number of alkyl halides is 3. The van der Waals surface area contributed by atoms with Gasteiger partial charge >= 0.3 is 12.2 Å². The Balaban J connectivity index is 0.000000261. The van der Waals surface area contributed by atoms with Crippen LogP contribution in [0.25, 0.3) is 16.9 Å². The van der Waals surface area contributed by atoms with Crippen LogP contribution in [0.4, 0.5) is 18.0 Å². The summed E-state index contributed by atoms with van der Waals surface area (Å²) in [5.74, 6) is 0.468. The summed E-state index contributed by atoms with van der Waals surface area (Å²) in [6.45, 7) is 3.49. The van der Waals surface area contributed by atoms with Crippen LogP contribution in [0.3, 0.4) is 0 Å². The van der Waals surface area contributed by atoms with Crippen LogP contribution in [0.5, 0.6) is 5.88 Å². The van der Waals surface area contributed by atoms with Gasteiger partial charge in [0.05, 0.1) is 12.8 Å². The Labute approximate surface area is 202 Å². The summed E-state index contributed by atoms with van der Waals surface area (Å²) in [7, 11) is 3.11. The molecule has 1 aliphatic heterocycles. The van der Waals surface area contributed by atoms with Gasteiger partial charge in [-0.3, -0.25) is 4.90 Å². The number of methoxy groups -OCH3 is 1. The molecule has 8 nitrogen and oxygen atoms in total. The second-order valence-corrected chi connectivity index (χ2v) is 8.38. The molecule has 190 valence electrons. The van der Waals surface area contributed by atoms with E-state index in [0.717, 1.165) is 23.2 Å². The van der Waals surface area contributed by atoms with Crippen molar-refractivity contribution in [1.82, 2.24) is 24.2 Å². The maximum Gasteiger partial charge on any atom is 0.404 e. The van der Waals surface area contributed by atoms with Crippen molar-refractivity contribution in [3.05, 3.63) is 48.4 Å². The van der Waals surface area contributed by atoms with Gasteiger partial charge in [-0.1, -0.05) is 24.6 Å². The topological polar surface area (TPSA) is 89.0 Å². The number of halogens is 3. The summed E-state index contributed by atoms with van der Waals surface area (Å²) in [4.78, 5) is 23.1. The maximum atomic E-state index is 12.2. The third-order valence-corrected chi connectivity index (χ3v) is 5.97. The lowest BCUT2D eigenvalue weighted by atomic mass is 10.0. The summed E-state index contributed by atoms with van der Waals surface area (Å²) < 4.78 is 43.6. The molecule has 1 fully saturated rings. The molecule has 0 saturated carbocycles. The molecule has 0 spiro atoms. The fourth-order valence-electron chi connectivity index (χ4n) is 4.06. The number of fused-ring (bicyclic) bond motifs is 1. The Morgan fingerprint density at radius 3 is 2.69 bits per heavy atom. The predicted octanol–water partition coefficient (Wildman–Crippen LogP) is 4.34. The molecule has 1 aromatic carbocycles. The van der Waals surface area contributed by atoms with Gasteiger partial charge in [0.2, 0.25) is 0 Å². The molecule has 35 heavy (non-hydrogen) atoms. The highest BCUT2D eigenvalue weighted by Gasteiger charge is 2.42. The first-order valence-electron chi connectivity index (χ1n) is 11.4. The lowest BCUT2D eigenvalue weighted by molar-refractivity contribution is -0.187. The zero-order valence-corrected chi connectivity index (χ0v) is 20.1. The number of nitrogens with two attached hydrogens (primary N) is 1. The van der Waals surface area contributed by atoms with Gasteiger partial charge in [0.15, 0.2) is 5.65 Å². The van der Waals surface area contributed by atoms with Gasteiger partial charge in [-0.25, -0.2) is 14.8 Å². The van der Waals surface area contributed by atoms with Crippen LogP contribution in [0.1, 0.15) is 31.7 Å². The third-order valence-electron chi connectivity index (χ3n) is 5.97. The molecule has 0 aliphatic carbocycles. The first kappa shape index (κ1) is 26.3. The number of benzene rings is 1. The van der Waals surface area contributed by atoms with Crippen LogP contribution in [0, 0.1) is 0 Å². The van der Waals surface area contributed by atoms with Crippen molar-refractivity contribution >= 4 is 11.7 Å². The number of hydrogen-bond acceptors (Lipinski definition) is 5. The molecule has 1 aliphatic rings. The number of primary amides is 1. The number of ether oxygens (including phenoxy) is 1. The summed E-state index contributed by atoms with van der Waals surface area (Å²) >= 11 is 0. The van der Waals surface area contributed by atoms with E-state index in [1.807, 2.05) is 48.0 Å². The third kappa shape index (κ3) is 6.62. The number of carbonyl (C=O) groups is 1. The number of hydrogen-bond donors (Lipinski definition) is 1. The minimum Gasteiger partial charge on any atom is -0.478 e. The number of urea groups is 1. The average molecular weight is 493 g/mol. The van der Waals surface area contributed by atoms with Crippen LogP contribution in [-0.4, -0.2) is 69.7 Å². The highest BCUT2D eigenvalue weighted by atomic mass is 19.4. The molecule has 3 heterocycles. The Hall–Kier alpha value is -3.34. The van der Waals surface area contributed by atoms with Crippen molar-refractivity contribution in [3.63, 3.8) is 0 Å². The van der Waals surface area contributed by atoms with Crippen molar-refractivity contribution in [2.45, 2.75) is 44.9 Å². The predicted molar refractivity (Wildman–Crippen MR) is 127 cm³/mol. The summed E-state index contributed by atoms with van der Waals surface area (Å²) in [5, 5.41) is 0. The number of piperidine rings is 1. The Bertz CT molecular complexity index is 1130. The zero-order valence-electron chi connectivity index (χ0n) is 20.1. The number of nitrogens with zero attached hydrogens (tertiary/aromatic N) is 5. The Morgan fingerprint density at radius 1 is 1.31 bits per heavy atom. The van der Waals surface area contributed by atoms with E-state index in [0.29, 0.717) is 37.6 Å². The van der Waals surface area contributed by atoms with Crippen molar-refractivity contribution in [2.75, 3.05) is 27.2 Å². The van der Waals surface area contributed by atoms with Gasteiger partial charge in [-0.2, -0.15) is 13.2 Å². The molecule has 0 bridgehead atoms. The largest absolute Gasteiger partial charge is 0.478 e. The van der Waals surface area contributed by atoms with Crippen molar-refractivity contribution in [2.24, 2.45) is 5.73 Å². The monoisotopic (exact) mass is 492 g/mol. The molecule has 11 heteroatoms. The minimum absolute atomic E-state index is 0.264. The number of carbonyl (C=O) groups excluding carboxylic acids is 1. The average Bonchev–Trinajstić information content (AvgIpc) is 3.31. The molecular weight excluding hydrogens is 461 g/mol. The van der Waals surface area contributed by atoms with Crippen LogP contribution in [-0.2, 0) is 6.54 Å². The fourth-order valence-corrected chi connectivity index (χ4v) is 4.06. The second kappa shape index (κ2) is 11.4. The Kier molecular flexibility index (Phi) is 8.55. The van der Waals surface area contributed by atoms with Crippen LogP contribution in [0.2, 0.25) is 0 Å². The molecule has 3 aromatic rings. The molecule has 1 unspecified atom stereocenters. The molecule has 0 radical (unpaired) electrons. The molecular formula is C24H31F3N6O2. The first-order chi connectivity index (χ1) is 16.6. The maximum absolute atomic E-state index is 12.2. The van der Waals surface area contributed by atoms with E-state index in [1.54, 1.807) is 18.2 Å². The molecule has 2 N–H and O–H groups in total. The fraction of sp³-hybridized carbons (Fsp3) is 0.458. The van der Waals surface area contributed by atoms with E-state index < -0.39 is 18.2 Å². The van der Waals surface area contributed by atoms with Gasteiger partial charge in [0.1, 0.15) is 6.04 Å². The highest BCUT2D eigenvalue weighted by molar-refractivity contribution is 5.72. The van der Waals surface area contributed by atoms with Crippen LogP contribution >= 0.6 is 0 Å². The smallest absolute Gasteiger partial charge is 0.404 e. The number of likely N-dealkylation sites (tertiary alicyclic amines) is 1. The summed E-state index contributed by atoms with van der Waals surface area (Å²) in [5.41, 5.74) is 8.73. The highest BCUT2D eigenvalue weighted by Crippen LogP contribution is 2.30. The van der Waals surface area contributed by atoms with Crippen molar-refractivity contribution < 1.29 is 22.7 Å². The molecule has 2 aromatic heterocycles. The molecule has 2 amide bonds. The van der Waals surface area contributed by atoms with E-state index in [1.165, 1.54) is 11.9 Å². The van der Waals surface area contributed by atoms with E-state index in [4.69, 9.17) is 10.5 Å². The number of aromatic nitrogens is 3. The van der Waals surface area contributed by atoms with E-state index in [2.05, 4.69) is 9.97 Å². The Morgan fingerprint density at radius 2 is 2.09 bits per heavy atom. The van der Waals surface area contributed by atoms with Gasteiger partial charge in [-0.15, -0.1) is 0 Å². The number of amides is 2. The standard InChI is InChI=1S/C17H19N5O2.C7H12F3N/c1-3-21(17(18)23)10-12-5-4-6-13(9-12)14-11-22-8-7-19-15(22)16(20-14)24-2;1-11-5-3-2-4-6(11)7(8,9)10/h4-9,11H,3,10H2,1-2H3,(H2,18,23);6H,2-5H2,1H3. The van der Waals surface area contributed by atoms with Gasteiger partial charge < -0.3 is 19.8 Å². The van der Waals surface area contributed by atoms with E-state index in [9.17, 15) is 18.0 Å². The first-order valence-corrected chi connectivity index (χ1v) is 11.4. The normalized spacial score (nSPS) is 16.5. The molecule has 1 atom stereocenters. The minimum atomic E-state index is -4.03. The van der Waals surface area contributed by atoms with E-state index in [-0.39, 0.29) is 6.42 Å². The van der Waals surface area contributed by atoms with E-state index >= 15 is 0 Å². The zero-order chi connectivity index (χ0) is 25.6. The van der Waals surface area contributed by atoms with Crippen molar-refractivity contribution in [1.29, 1.82) is 0 Å². The lowest BCUT2D eigenvalue weighted by Gasteiger charge is -2.33. The number of imidazole rings is 1.